The molecule has 0 spiro atoms. The summed E-state index contributed by atoms with van der Waals surface area (Å²) in [7, 11) is 3.31. The summed E-state index contributed by atoms with van der Waals surface area (Å²) in [5, 5.41) is 7.40. The number of halogens is 3. The average Bonchev–Trinajstić information content (AvgIpc) is 3.35. The van der Waals surface area contributed by atoms with E-state index in [-0.39, 0.29) is 23.9 Å². The molecule has 4 aromatic rings. The van der Waals surface area contributed by atoms with Gasteiger partial charge in [0.05, 0.1) is 48.8 Å². The van der Waals surface area contributed by atoms with E-state index in [1.54, 1.807) is 29.1 Å². The molecule has 5 rings (SSSR count). The van der Waals surface area contributed by atoms with Gasteiger partial charge in [0.2, 0.25) is 11.8 Å². The SMILES string of the molecule is COc1nc(N[C@@H]2CCN(C)C[C@@H]2F)nn2cc(F)c(-c3ccc4ncn(CCF)c4c3)c12. The molecule has 174 valence electrons. The Morgan fingerprint density at radius 2 is 2.15 bits per heavy atom. The van der Waals surface area contributed by atoms with E-state index in [0.717, 1.165) is 6.54 Å². The van der Waals surface area contributed by atoms with Gasteiger partial charge in [-0.1, -0.05) is 6.07 Å². The highest BCUT2D eigenvalue weighted by molar-refractivity contribution is 5.90. The van der Waals surface area contributed by atoms with E-state index in [0.29, 0.717) is 35.1 Å². The predicted molar refractivity (Wildman–Crippen MR) is 119 cm³/mol. The largest absolute Gasteiger partial charge is 0.479 e. The van der Waals surface area contributed by atoms with E-state index >= 15 is 4.39 Å². The maximum atomic E-state index is 15.2. The number of alkyl halides is 2. The van der Waals surface area contributed by atoms with Crippen molar-refractivity contribution in [1.29, 1.82) is 0 Å². The molecule has 0 bridgehead atoms. The number of nitrogens with one attached hydrogen (secondary N) is 1. The number of nitrogens with zero attached hydrogens (tertiary/aromatic N) is 6. The van der Waals surface area contributed by atoms with Crippen molar-refractivity contribution >= 4 is 22.5 Å². The summed E-state index contributed by atoms with van der Waals surface area (Å²) in [6, 6.07) is 4.81. The van der Waals surface area contributed by atoms with Crippen molar-refractivity contribution in [2.45, 2.75) is 25.2 Å². The lowest BCUT2D eigenvalue weighted by Gasteiger charge is -2.32. The summed E-state index contributed by atoms with van der Waals surface area (Å²) in [5.74, 6) is -0.194. The van der Waals surface area contributed by atoms with Gasteiger partial charge >= 0.3 is 0 Å². The van der Waals surface area contributed by atoms with Gasteiger partial charge in [-0.15, -0.1) is 5.10 Å². The molecule has 1 aromatic carbocycles. The number of methoxy groups -OCH3 is 1. The van der Waals surface area contributed by atoms with Crippen LogP contribution in [-0.2, 0) is 6.54 Å². The number of imidazole rings is 1. The monoisotopic (exact) mass is 459 g/mol. The molecule has 0 radical (unpaired) electrons. The summed E-state index contributed by atoms with van der Waals surface area (Å²) in [6.45, 7) is 0.697. The zero-order chi connectivity index (χ0) is 23.1. The minimum atomic E-state index is -1.08. The molecule has 8 nitrogen and oxygen atoms in total. The van der Waals surface area contributed by atoms with Crippen LogP contribution in [0, 0.1) is 5.82 Å². The number of aryl methyl sites for hydroxylation is 1. The molecule has 0 saturated carbocycles. The minimum Gasteiger partial charge on any atom is -0.479 e. The third kappa shape index (κ3) is 3.86. The quantitative estimate of drug-likeness (QED) is 0.477. The number of hydrogen-bond acceptors (Lipinski definition) is 6. The molecule has 1 aliphatic heterocycles. The molecule has 1 N–H and O–H groups in total. The van der Waals surface area contributed by atoms with Gasteiger partial charge in [-0.25, -0.2) is 22.7 Å². The van der Waals surface area contributed by atoms with Crippen molar-refractivity contribution in [2.24, 2.45) is 0 Å². The Kier molecular flexibility index (Phi) is 5.57. The molecule has 1 saturated heterocycles. The molecule has 1 aliphatic rings. The third-order valence-corrected chi connectivity index (χ3v) is 6.04. The van der Waals surface area contributed by atoms with Crippen molar-refractivity contribution in [3.05, 3.63) is 36.5 Å². The van der Waals surface area contributed by atoms with E-state index < -0.39 is 24.7 Å². The Bertz CT molecular complexity index is 1300. The highest BCUT2D eigenvalue weighted by Crippen LogP contribution is 2.35. The highest BCUT2D eigenvalue weighted by Gasteiger charge is 2.29. The second-order valence-corrected chi connectivity index (χ2v) is 8.24. The van der Waals surface area contributed by atoms with Gasteiger partial charge in [0.1, 0.15) is 18.4 Å². The van der Waals surface area contributed by atoms with Gasteiger partial charge in [0, 0.05) is 13.1 Å². The number of ether oxygens (including phenoxy) is 1. The number of piperidine rings is 1. The Hall–Kier alpha value is -3.34. The summed E-state index contributed by atoms with van der Waals surface area (Å²) >= 11 is 0. The van der Waals surface area contributed by atoms with Gasteiger partial charge < -0.3 is 19.5 Å². The summed E-state index contributed by atoms with van der Waals surface area (Å²) in [6.07, 6.45) is 2.32. The molecule has 33 heavy (non-hydrogen) atoms. The average molecular weight is 459 g/mol. The lowest BCUT2D eigenvalue weighted by Crippen LogP contribution is -2.46. The van der Waals surface area contributed by atoms with E-state index in [9.17, 15) is 8.78 Å². The van der Waals surface area contributed by atoms with E-state index in [4.69, 9.17) is 4.74 Å². The second-order valence-electron chi connectivity index (χ2n) is 8.24. The number of benzene rings is 1. The van der Waals surface area contributed by atoms with Gasteiger partial charge in [0.15, 0.2) is 5.82 Å². The number of anilines is 1. The number of rotatable bonds is 6. The fraction of sp³-hybridized carbons (Fsp3) is 0.409. The topological polar surface area (TPSA) is 72.5 Å². The first kappa shape index (κ1) is 21.5. The normalized spacial score (nSPS) is 19.4. The van der Waals surface area contributed by atoms with Gasteiger partial charge in [-0.05, 0) is 31.2 Å². The lowest BCUT2D eigenvalue weighted by molar-refractivity contribution is 0.149. The Balaban J connectivity index is 1.56. The van der Waals surface area contributed by atoms with Crippen molar-refractivity contribution in [3.8, 4) is 17.0 Å². The fourth-order valence-corrected chi connectivity index (χ4v) is 4.37. The Morgan fingerprint density at radius 1 is 1.30 bits per heavy atom. The number of aromatic nitrogens is 5. The fourth-order valence-electron chi connectivity index (χ4n) is 4.37. The van der Waals surface area contributed by atoms with Crippen molar-refractivity contribution in [3.63, 3.8) is 0 Å². The zero-order valence-corrected chi connectivity index (χ0v) is 18.3. The van der Waals surface area contributed by atoms with Crippen LogP contribution in [0.2, 0.25) is 0 Å². The maximum Gasteiger partial charge on any atom is 0.244 e. The predicted octanol–water partition coefficient (Wildman–Crippen LogP) is 3.32. The molecule has 0 amide bonds. The van der Waals surface area contributed by atoms with E-state index in [1.165, 1.54) is 17.8 Å². The number of hydrogen-bond donors (Lipinski definition) is 1. The number of fused-ring (bicyclic) bond motifs is 2. The maximum absolute atomic E-state index is 15.2. The molecule has 4 heterocycles. The van der Waals surface area contributed by atoms with Gasteiger partial charge in [0.25, 0.3) is 0 Å². The first-order valence-corrected chi connectivity index (χ1v) is 10.7. The second kappa shape index (κ2) is 8.54. The summed E-state index contributed by atoms with van der Waals surface area (Å²) in [4.78, 5) is 10.6. The molecule has 3 aromatic heterocycles. The molecule has 2 atom stereocenters. The molecule has 0 aliphatic carbocycles. The summed E-state index contributed by atoms with van der Waals surface area (Å²) < 4.78 is 51.0. The van der Waals surface area contributed by atoms with Crippen molar-refractivity contribution in [2.75, 3.05) is 39.2 Å². The third-order valence-electron chi connectivity index (χ3n) is 6.04. The first-order chi connectivity index (χ1) is 16.0. The van der Waals surface area contributed by atoms with Crippen LogP contribution in [0.1, 0.15) is 6.42 Å². The van der Waals surface area contributed by atoms with Crippen LogP contribution in [0.4, 0.5) is 19.1 Å². The van der Waals surface area contributed by atoms with Crippen molar-refractivity contribution in [1.82, 2.24) is 29.0 Å². The first-order valence-electron chi connectivity index (χ1n) is 10.7. The minimum absolute atomic E-state index is 0.159. The lowest BCUT2D eigenvalue weighted by atomic mass is 10.0. The van der Waals surface area contributed by atoms with Crippen LogP contribution in [0.5, 0.6) is 5.88 Å². The smallest absolute Gasteiger partial charge is 0.244 e. The molecular formula is C22H24F3N7O. The Labute approximate surface area is 188 Å². The molecule has 1 fully saturated rings. The van der Waals surface area contributed by atoms with Gasteiger partial charge in [-0.3, -0.25) is 0 Å². The van der Waals surface area contributed by atoms with Crippen LogP contribution in [0.3, 0.4) is 0 Å². The van der Waals surface area contributed by atoms with Crippen LogP contribution < -0.4 is 10.1 Å². The molecule has 0 unspecified atom stereocenters. The van der Waals surface area contributed by atoms with Crippen LogP contribution in [0.25, 0.3) is 27.7 Å². The Morgan fingerprint density at radius 3 is 2.91 bits per heavy atom. The summed E-state index contributed by atoms with van der Waals surface area (Å²) in [5.41, 5.74) is 2.54. The van der Waals surface area contributed by atoms with Crippen LogP contribution in [-0.4, -0.2) is 75.2 Å². The molecule has 11 heteroatoms. The number of likely N-dealkylation sites (tertiary alicyclic amines) is 1. The van der Waals surface area contributed by atoms with Crippen LogP contribution >= 0.6 is 0 Å². The van der Waals surface area contributed by atoms with Crippen LogP contribution in [0.15, 0.2) is 30.7 Å². The van der Waals surface area contributed by atoms with Crippen molar-refractivity contribution < 1.29 is 17.9 Å². The van der Waals surface area contributed by atoms with E-state index in [2.05, 4.69) is 20.4 Å². The van der Waals surface area contributed by atoms with Gasteiger partial charge in [-0.2, -0.15) is 4.98 Å². The standard InChI is InChI=1S/C22H24F3N7O/c1-30-7-5-16(14(24)10-30)27-22-28-21(33-2)20-19(15(25)11-32(20)29-22)13-3-4-17-18(9-13)31(8-6-23)12-26-17/h3-4,9,11-12,14,16H,5-8,10H2,1-2H3,(H,27,29)/t14-,16+/m0/s1. The molecular weight excluding hydrogens is 435 g/mol. The van der Waals surface area contributed by atoms with E-state index in [1.807, 2.05) is 11.9 Å². The zero-order valence-electron chi connectivity index (χ0n) is 18.3. The highest BCUT2D eigenvalue weighted by atomic mass is 19.1.